The van der Waals surface area contributed by atoms with E-state index in [1.54, 1.807) is 0 Å². The Morgan fingerprint density at radius 3 is 2.47 bits per heavy atom. The first-order valence-corrected chi connectivity index (χ1v) is 6.04. The van der Waals surface area contributed by atoms with Gasteiger partial charge < -0.3 is 10.8 Å². The van der Waals surface area contributed by atoms with E-state index in [2.05, 4.69) is 13.8 Å². The minimum Gasteiger partial charge on any atom is -0.481 e. The van der Waals surface area contributed by atoms with Crippen molar-refractivity contribution in [2.45, 2.75) is 52.4 Å². The van der Waals surface area contributed by atoms with E-state index >= 15 is 0 Å². The van der Waals surface area contributed by atoms with Gasteiger partial charge in [-0.3, -0.25) is 4.79 Å². The number of nitrogens with two attached hydrogens (primary N) is 1. The molecule has 0 radical (unpaired) electrons. The second kappa shape index (κ2) is 8.72. The van der Waals surface area contributed by atoms with E-state index in [0.717, 1.165) is 12.8 Å². The lowest BCUT2D eigenvalue weighted by atomic mass is 9.91. The molecule has 2 atom stereocenters. The van der Waals surface area contributed by atoms with Crippen molar-refractivity contribution in [3.63, 3.8) is 0 Å². The molecule has 0 aliphatic rings. The molecule has 3 nitrogen and oxygen atoms in total. The third-order valence-corrected chi connectivity index (χ3v) is 2.87. The summed E-state index contributed by atoms with van der Waals surface area (Å²) in [5, 5.41) is 8.85. The van der Waals surface area contributed by atoms with E-state index in [1.807, 2.05) is 0 Å². The summed E-state index contributed by atoms with van der Waals surface area (Å²) in [6.07, 6.45) is 6.86. The zero-order valence-electron chi connectivity index (χ0n) is 10.0. The van der Waals surface area contributed by atoms with Crippen LogP contribution in [0.5, 0.6) is 0 Å². The highest BCUT2D eigenvalue weighted by atomic mass is 16.4. The van der Waals surface area contributed by atoms with Crippen LogP contribution in [0.15, 0.2) is 0 Å². The Kier molecular flexibility index (Phi) is 8.38. The van der Waals surface area contributed by atoms with Crippen molar-refractivity contribution in [2.75, 3.05) is 6.54 Å². The van der Waals surface area contributed by atoms with Gasteiger partial charge >= 0.3 is 5.97 Å². The highest BCUT2D eigenvalue weighted by molar-refractivity contribution is 5.70. The number of hydrogen-bond acceptors (Lipinski definition) is 2. The summed E-state index contributed by atoms with van der Waals surface area (Å²) in [5.41, 5.74) is 5.42. The summed E-state index contributed by atoms with van der Waals surface area (Å²) in [5.74, 6) is -0.629. The Morgan fingerprint density at radius 2 is 2.00 bits per heavy atom. The van der Waals surface area contributed by atoms with Gasteiger partial charge in [0, 0.05) is 6.54 Å². The molecule has 15 heavy (non-hydrogen) atoms. The van der Waals surface area contributed by atoms with Crippen molar-refractivity contribution >= 4 is 5.97 Å². The maximum absolute atomic E-state index is 10.8. The molecule has 0 saturated heterocycles. The van der Waals surface area contributed by atoms with Gasteiger partial charge in [-0.2, -0.15) is 0 Å². The Hall–Kier alpha value is -0.570. The molecule has 0 spiro atoms. The molecule has 0 fully saturated rings. The first-order chi connectivity index (χ1) is 7.11. The van der Waals surface area contributed by atoms with Crippen molar-refractivity contribution in [3.05, 3.63) is 0 Å². The van der Waals surface area contributed by atoms with Crippen LogP contribution in [0.2, 0.25) is 0 Å². The molecule has 0 rings (SSSR count). The van der Waals surface area contributed by atoms with Crippen LogP contribution in [-0.4, -0.2) is 17.6 Å². The fourth-order valence-electron chi connectivity index (χ4n) is 1.82. The number of carboxylic acid groups (broad SMARTS) is 1. The molecule has 0 bridgehead atoms. The van der Waals surface area contributed by atoms with Crippen molar-refractivity contribution in [1.29, 1.82) is 0 Å². The summed E-state index contributed by atoms with van der Waals surface area (Å²) in [4.78, 5) is 10.8. The lowest BCUT2D eigenvalue weighted by Crippen LogP contribution is -2.25. The first kappa shape index (κ1) is 14.4. The largest absolute Gasteiger partial charge is 0.481 e. The minimum atomic E-state index is -0.752. The molecule has 90 valence electrons. The molecule has 0 aromatic carbocycles. The molecule has 0 unspecified atom stereocenters. The number of carboxylic acids is 1. The minimum absolute atomic E-state index is 0.259. The van der Waals surface area contributed by atoms with E-state index in [9.17, 15) is 4.79 Å². The lowest BCUT2D eigenvalue weighted by Gasteiger charge is -2.15. The van der Waals surface area contributed by atoms with Crippen molar-refractivity contribution in [3.8, 4) is 0 Å². The van der Waals surface area contributed by atoms with Crippen LogP contribution in [0.25, 0.3) is 0 Å². The van der Waals surface area contributed by atoms with Crippen LogP contribution in [0.3, 0.4) is 0 Å². The van der Waals surface area contributed by atoms with E-state index < -0.39 is 5.97 Å². The lowest BCUT2D eigenvalue weighted by molar-refractivity contribution is -0.141. The van der Waals surface area contributed by atoms with Crippen LogP contribution < -0.4 is 5.73 Å². The van der Waals surface area contributed by atoms with Gasteiger partial charge in [0.25, 0.3) is 0 Å². The van der Waals surface area contributed by atoms with E-state index in [4.69, 9.17) is 10.8 Å². The zero-order valence-corrected chi connectivity index (χ0v) is 10.0. The molecule has 0 aromatic heterocycles. The van der Waals surface area contributed by atoms with Gasteiger partial charge in [0.2, 0.25) is 0 Å². The van der Waals surface area contributed by atoms with E-state index in [1.165, 1.54) is 25.7 Å². The highest BCUT2D eigenvalue weighted by Gasteiger charge is 2.18. The molecule has 0 aromatic rings. The Morgan fingerprint density at radius 1 is 1.33 bits per heavy atom. The smallest absolute Gasteiger partial charge is 0.307 e. The molecule has 3 N–H and O–H groups in total. The molecule has 0 heterocycles. The summed E-state index contributed by atoms with van der Waals surface area (Å²) < 4.78 is 0. The SMILES string of the molecule is CCCCCC[C@H](C)C[C@H](CN)C(=O)O. The average molecular weight is 215 g/mol. The van der Waals surface area contributed by atoms with Crippen LogP contribution in [0.1, 0.15) is 52.4 Å². The van der Waals surface area contributed by atoms with Crippen LogP contribution in [-0.2, 0) is 4.79 Å². The predicted molar refractivity (Wildman–Crippen MR) is 62.7 cm³/mol. The van der Waals surface area contributed by atoms with Gasteiger partial charge in [0.05, 0.1) is 5.92 Å². The van der Waals surface area contributed by atoms with Crippen molar-refractivity contribution in [1.82, 2.24) is 0 Å². The number of unbranched alkanes of at least 4 members (excludes halogenated alkanes) is 3. The Labute approximate surface area is 93.0 Å². The monoisotopic (exact) mass is 215 g/mol. The maximum atomic E-state index is 10.8. The van der Waals surface area contributed by atoms with Crippen LogP contribution in [0.4, 0.5) is 0 Å². The van der Waals surface area contributed by atoms with Crippen molar-refractivity contribution < 1.29 is 9.90 Å². The standard InChI is InChI=1S/C12H25NO2/c1-3-4-5-6-7-10(2)8-11(9-13)12(14)15/h10-11H,3-9,13H2,1-2H3,(H,14,15)/t10-,11+/m0/s1. The highest BCUT2D eigenvalue weighted by Crippen LogP contribution is 2.18. The maximum Gasteiger partial charge on any atom is 0.307 e. The summed E-state index contributed by atoms with van der Waals surface area (Å²) in [7, 11) is 0. The normalized spacial score (nSPS) is 14.9. The van der Waals surface area contributed by atoms with Gasteiger partial charge in [-0.05, 0) is 12.3 Å². The number of hydrogen-bond donors (Lipinski definition) is 2. The zero-order chi connectivity index (χ0) is 11.7. The van der Waals surface area contributed by atoms with Crippen LogP contribution in [0, 0.1) is 11.8 Å². The number of carbonyl (C=O) groups is 1. The van der Waals surface area contributed by atoms with Gasteiger partial charge in [0.1, 0.15) is 0 Å². The van der Waals surface area contributed by atoms with Gasteiger partial charge in [-0.1, -0.05) is 46.0 Å². The Bertz CT molecular complexity index is 171. The van der Waals surface area contributed by atoms with E-state index in [0.29, 0.717) is 5.92 Å². The Balaban J connectivity index is 3.62. The number of rotatable bonds is 9. The van der Waals surface area contributed by atoms with E-state index in [-0.39, 0.29) is 12.5 Å². The third kappa shape index (κ3) is 7.37. The molecular formula is C12H25NO2. The summed E-state index contributed by atoms with van der Waals surface area (Å²) in [6.45, 7) is 4.57. The number of aliphatic carboxylic acids is 1. The summed E-state index contributed by atoms with van der Waals surface area (Å²) in [6, 6.07) is 0. The molecule has 0 amide bonds. The third-order valence-electron chi connectivity index (χ3n) is 2.87. The average Bonchev–Trinajstić information content (AvgIpc) is 2.20. The summed E-state index contributed by atoms with van der Waals surface area (Å²) >= 11 is 0. The fourth-order valence-corrected chi connectivity index (χ4v) is 1.82. The molecular weight excluding hydrogens is 190 g/mol. The van der Waals surface area contributed by atoms with Gasteiger partial charge in [-0.15, -0.1) is 0 Å². The van der Waals surface area contributed by atoms with Crippen LogP contribution >= 0.6 is 0 Å². The second-order valence-corrected chi connectivity index (χ2v) is 4.46. The topological polar surface area (TPSA) is 63.3 Å². The van der Waals surface area contributed by atoms with Gasteiger partial charge in [0.15, 0.2) is 0 Å². The second-order valence-electron chi connectivity index (χ2n) is 4.46. The van der Waals surface area contributed by atoms with Gasteiger partial charge in [-0.25, -0.2) is 0 Å². The first-order valence-electron chi connectivity index (χ1n) is 6.04. The fraction of sp³-hybridized carbons (Fsp3) is 0.917. The predicted octanol–water partition coefficient (Wildman–Crippen LogP) is 2.64. The molecule has 3 heteroatoms. The molecule has 0 aliphatic carbocycles. The molecule has 0 aliphatic heterocycles. The quantitative estimate of drug-likeness (QED) is 0.581. The van der Waals surface area contributed by atoms with Crippen molar-refractivity contribution in [2.24, 2.45) is 17.6 Å². The molecule has 0 saturated carbocycles.